The Hall–Kier alpha value is -0.790. The summed E-state index contributed by atoms with van der Waals surface area (Å²) >= 11 is 0. The van der Waals surface area contributed by atoms with Gasteiger partial charge in [0.1, 0.15) is 5.82 Å². The first-order valence-electron chi connectivity index (χ1n) is 5.31. The average Bonchev–Trinajstić information content (AvgIpc) is 2.54. The predicted octanol–water partition coefficient (Wildman–Crippen LogP) is 3.20. The van der Waals surface area contributed by atoms with Gasteiger partial charge < -0.3 is 4.57 Å². The van der Waals surface area contributed by atoms with Crippen molar-refractivity contribution in [2.45, 2.75) is 52.5 Å². The van der Waals surface area contributed by atoms with Crippen molar-refractivity contribution in [2.75, 3.05) is 0 Å². The standard InChI is InChI=1S/C11H20N2/c1-4-6-10(3)13-9-8-12-11(13)7-5-2/h8-10H,4-7H2,1-3H3. The summed E-state index contributed by atoms with van der Waals surface area (Å²) in [6.45, 7) is 6.70. The maximum absolute atomic E-state index is 4.37. The minimum absolute atomic E-state index is 0.606. The second-order valence-corrected chi connectivity index (χ2v) is 3.64. The highest BCUT2D eigenvalue weighted by Gasteiger charge is 2.07. The van der Waals surface area contributed by atoms with Crippen molar-refractivity contribution in [3.05, 3.63) is 18.2 Å². The van der Waals surface area contributed by atoms with Crippen LogP contribution in [0.15, 0.2) is 12.4 Å². The van der Waals surface area contributed by atoms with Gasteiger partial charge in [-0.2, -0.15) is 0 Å². The van der Waals surface area contributed by atoms with Crippen molar-refractivity contribution < 1.29 is 0 Å². The van der Waals surface area contributed by atoms with Crippen LogP contribution in [0.4, 0.5) is 0 Å². The molecule has 2 heteroatoms. The molecule has 1 atom stereocenters. The molecule has 0 aliphatic heterocycles. The number of aromatic nitrogens is 2. The highest BCUT2D eigenvalue weighted by molar-refractivity contribution is 4.94. The fraction of sp³-hybridized carbons (Fsp3) is 0.727. The summed E-state index contributed by atoms with van der Waals surface area (Å²) in [6, 6.07) is 0.606. The summed E-state index contributed by atoms with van der Waals surface area (Å²) in [5, 5.41) is 0. The molecule has 13 heavy (non-hydrogen) atoms. The van der Waals surface area contributed by atoms with Crippen LogP contribution in [0.25, 0.3) is 0 Å². The van der Waals surface area contributed by atoms with Crippen molar-refractivity contribution in [3.63, 3.8) is 0 Å². The molecule has 0 saturated carbocycles. The topological polar surface area (TPSA) is 17.8 Å². The number of rotatable bonds is 5. The monoisotopic (exact) mass is 180 g/mol. The molecule has 0 aliphatic carbocycles. The van der Waals surface area contributed by atoms with Gasteiger partial charge in [0.25, 0.3) is 0 Å². The normalized spacial score (nSPS) is 13.2. The van der Waals surface area contributed by atoms with Crippen molar-refractivity contribution in [1.82, 2.24) is 9.55 Å². The SMILES string of the molecule is CCCc1nccn1C(C)CCC. The lowest BCUT2D eigenvalue weighted by molar-refractivity contribution is 0.481. The Morgan fingerprint density at radius 3 is 2.77 bits per heavy atom. The van der Waals surface area contributed by atoms with Crippen molar-refractivity contribution >= 4 is 0 Å². The Bertz CT molecular complexity index is 240. The van der Waals surface area contributed by atoms with E-state index in [0.29, 0.717) is 6.04 Å². The number of imidazole rings is 1. The lowest BCUT2D eigenvalue weighted by Gasteiger charge is -2.14. The fourth-order valence-corrected chi connectivity index (χ4v) is 1.72. The van der Waals surface area contributed by atoms with Crippen LogP contribution in [0.1, 0.15) is 51.9 Å². The summed E-state index contributed by atoms with van der Waals surface area (Å²) in [5.41, 5.74) is 0. The molecule has 0 saturated heterocycles. The van der Waals surface area contributed by atoms with Gasteiger partial charge in [-0.25, -0.2) is 4.98 Å². The highest BCUT2D eigenvalue weighted by Crippen LogP contribution is 2.15. The molecule has 1 aromatic rings. The smallest absolute Gasteiger partial charge is 0.108 e. The van der Waals surface area contributed by atoms with Gasteiger partial charge in [0, 0.05) is 24.9 Å². The molecule has 0 bridgehead atoms. The van der Waals surface area contributed by atoms with Crippen molar-refractivity contribution in [3.8, 4) is 0 Å². The molecular formula is C11H20N2. The van der Waals surface area contributed by atoms with Gasteiger partial charge in [0.2, 0.25) is 0 Å². The van der Waals surface area contributed by atoms with Crippen LogP contribution in [0, 0.1) is 0 Å². The second kappa shape index (κ2) is 5.05. The molecule has 1 unspecified atom stereocenters. The molecule has 1 heterocycles. The first kappa shape index (κ1) is 10.3. The van der Waals surface area contributed by atoms with Gasteiger partial charge in [-0.05, 0) is 19.8 Å². The van der Waals surface area contributed by atoms with E-state index >= 15 is 0 Å². The predicted molar refractivity (Wildman–Crippen MR) is 55.8 cm³/mol. The minimum atomic E-state index is 0.606. The maximum atomic E-state index is 4.37. The quantitative estimate of drug-likeness (QED) is 0.680. The van der Waals surface area contributed by atoms with E-state index in [1.54, 1.807) is 0 Å². The molecule has 0 N–H and O–H groups in total. The Labute approximate surface area is 81.0 Å². The van der Waals surface area contributed by atoms with Crippen LogP contribution in [0.2, 0.25) is 0 Å². The van der Waals surface area contributed by atoms with Gasteiger partial charge >= 0.3 is 0 Å². The van der Waals surface area contributed by atoms with E-state index in [9.17, 15) is 0 Å². The minimum Gasteiger partial charge on any atom is -0.332 e. The van der Waals surface area contributed by atoms with Gasteiger partial charge in [0.15, 0.2) is 0 Å². The molecule has 1 rings (SSSR count). The van der Waals surface area contributed by atoms with Crippen LogP contribution < -0.4 is 0 Å². The molecule has 0 radical (unpaired) electrons. The fourth-order valence-electron chi connectivity index (χ4n) is 1.72. The van der Waals surface area contributed by atoms with Crippen LogP contribution in [0.5, 0.6) is 0 Å². The molecule has 2 nitrogen and oxygen atoms in total. The number of aryl methyl sites for hydroxylation is 1. The van der Waals surface area contributed by atoms with E-state index in [0.717, 1.165) is 6.42 Å². The molecule has 0 amide bonds. The third-order valence-corrected chi connectivity index (χ3v) is 2.40. The molecule has 0 fully saturated rings. The average molecular weight is 180 g/mol. The largest absolute Gasteiger partial charge is 0.332 e. The Balaban J connectivity index is 2.68. The van der Waals surface area contributed by atoms with Gasteiger partial charge in [-0.3, -0.25) is 0 Å². The van der Waals surface area contributed by atoms with Crippen LogP contribution in [-0.4, -0.2) is 9.55 Å². The van der Waals surface area contributed by atoms with Gasteiger partial charge in [0.05, 0.1) is 0 Å². The second-order valence-electron chi connectivity index (χ2n) is 3.64. The molecular weight excluding hydrogens is 160 g/mol. The van der Waals surface area contributed by atoms with E-state index in [1.807, 2.05) is 6.20 Å². The zero-order chi connectivity index (χ0) is 9.68. The van der Waals surface area contributed by atoms with Crippen LogP contribution in [-0.2, 0) is 6.42 Å². The lowest BCUT2D eigenvalue weighted by Crippen LogP contribution is -2.08. The third kappa shape index (κ3) is 2.58. The Morgan fingerprint density at radius 2 is 2.15 bits per heavy atom. The van der Waals surface area contributed by atoms with E-state index in [1.165, 1.54) is 25.1 Å². The lowest BCUT2D eigenvalue weighted by atomic mass is 10.2. The third-order valence-electron chi connectivity index (χ3n) is 2.40. The summed E-state index contributed by atoms with van der Waals surface area (Å²) in [4.78, 5) is 4.37. The molecule has 0 spiro atoms. The van der Waals surface area contributed by atoms with Crippen molar-refractivity contribution in [1.29, 1.82) is 0 Å². The summed E-state index contributed by atoms with van der Waals surface area (Å²) in [7, 11) is 0. The van der Waals surface area contributed by atoms with Gasteiger partial charge in [-0.1, -0.05) is 20.3 Å². The summed E-state index contributed by atoms with van der Waals surface area (Å²) < 4.78 is 2.31. The first-order valence-corrected chi connectivity index (χ1v) is 5.31. The highest BCUT2D eigenvalue weighted by atomic mass is 15.1. The van der Waals surface area contributed by atoms with E-state index in [-0.39, 0.29) is 0 Å². The number of nitrogens with zero attached hydrogens (tertiary/aromatic N) is 2. The zero-order valence-electron chi connectivity index (χ0n) is 8.95. The Kier molecular flexibility index (Phi) is 4.00. The van der Waals surface area contributed by atoms with E-state index in [4.69, 9.17) is 0 Å². The van der Waals surface area contributed by atoms with Crippen molar-refractivity contribution in [2.24, 2.45) is 0 Å². The zero-order valence-corrected chi connectivity index (χ0v) is 8.95. The van der Waals surface area contributed by atoms with E-state index in [2.05, 4.69) is 36.5 Å². The summed E-state index contributed by atoms with van der Waals surface area (Å²) in [5.74, 6) is 1.24. The summed E-state index contributed by atoms with van der Waals surface area (Å²) in [6.07, 6.45) is 8.78. The first-order chi connectivity index (χ1) is 6.29. The molecule has 0 aromatic carbocycles. The molecule has 74 valence electrons. The van der Waals surface area contributed by atoms with Gasteiger partial charge in [-0.15, -0.1) is 0 Å². The van der Waals surface area contributed by atoms with Crippen LogP contribution in [0.3, 0.4) is 0 Å². The van der Waals surface area contributed by atoms with Crippen LogP contribution >= 0.6 is 0 Å². The van der Waals surface area contributed by atoms with E-state index < -0.39 is 0 Å². The maximum Gasteiger partial charge on any atom is 0.108 e. The molecule has 1 aromatic heterocycles. The Morgan fingerprint density at radius 1 is 1.38 bits per heavy atom. The molecule has 0 aliphatic rings. The number of hydrogen-bond donors (Lipinski definition) is 0. The number of hydrogen-bond acceptors (Lipinski definition) is 1.